The van der Waals surface area contributed by atoms with Gasteiger partial charge in [0.1, 0.15) is 12.4 Å². The zero-order chi connectivity index (χ0) is 23.5. The fraction of sp³-hybridized carbons (Fsp3) is 0.419. The lowest BCUT2D eigenvalue weighted by molar-refractivity contribution is 0.261. The Balaban J connectivity index is 1.17. The highest BCUT2D eigenvalue weighted by Crippen LogP contribution is 2.40. The first-order valence-electron chi connectivity index (χ1n) is 13.5. The zero-order valence-electron chi connectivity index (χ0n) is 20.7. The first-order chi connectivity index (χ1) is 17.3. The number of piperidine rings is 1. The standard InChI is InChI=1S/C31H37N3O/c1-6-18-32(19-7-1)27-12-8-10-25(22-27)17-21-33-20-9-13-28(33)23-34-29-14-3-2-11-26(29)24-35-31-16-5-4-15-30(31)34/h2-5,8,10-12,14-16,22,28H,1,6-7,9,13,17-21,23-24H2. The second-order valence-electron chi connectivity index (χ2n) is 10.3. The maximum atomic E-state index is 6.20. The molecule has 35 heavy (non-hydrogen) atoms. The molecule has 0 spiro atoms. The summed E-state index contributed by atoms with van der Waals surface area (Å²) in [6.45, 7) is 6.38. The fourth-order valence-corrected chi connectivity index (χ4v) is 6.12. The molecule has 3 aromatic carbocycles. The van der Waals surface area contributed by atoms with Crippen molar-refractivity contribution in [2.75, 3.05) is 42.5 Å². The highest BCUT2D eigenvalue weighted by Gasteiger charge is 2.29. The van der Waals surface area contributed by atoms with E-state index >= 15 is 0 Å². The minimum atomic E-state index is 0.555. The van der Waals surface area contributed by atoms with Gasteiger partial charge in [-0.05, 0) is 81.0 Å². The normalized spacial score (nSPS) is 20.2. The van der Waals surface area contributed by atoms with Gasteiger partial charge in [-0.1, -0.05) is 42.5 Å². The van der Waals surface area contributed by atoms with Crippen LogP contribution >= 0.6 is 0 Å². The molecule has 0 aromatic heterocycles. The van der Waals surface area contributed by atoms with Gasteiger partial charge in [0.2, 0.25) is 0 Å². The van der Waals surface area contributed by atoms with Gasteiger partial charge >= 0.3 is 0 Å². The van der Waals surface area contributed by atoms with Crippen LogP contribution in [0.1, 0.15) is 43.2 Å². The molecular weight excluding hydrogens is 430 g/mol. The highest BCUT2D eigenvalue weighted by atomic mass is 16.5. The van der Waals surface area contributed by atoms with E-state index in [0.717, 1.165) is 25.3 Å². The first-order valence-corrected chi connectivity index (χ1v) is 13.5. The Kier molecular flexibility index (Phi) is 6.64. The number of rotatable bonds is 6. The molecule has 0 saturated carbocycles. The summed E-state index contributed by atoms with van der Waals surface area (Å²) in [6, 6.07) is 27.1. The number of hydrogen-bond acceptors (Lipinski definition) is 4. The van der Waals surface area contributed by atoms with E-state index in [1.165, 1.54) is 79.9 Å². The van der Waals surface area contributed by atoms with Crippen LogP contribution < -0.4 is 14.5 Å². The zero-order valence-corrected chi connectivity index (χ0v) is 20.7. The van der Waals surface area contributed by atoms with Crippen molar-refractivity contribution in [1.82, 2.24) is 4.90 Å². The van der Waals surface area contributed by atoms with Crippen LogP contribution in [0.15, 0.2) is 72.8 Å². The van der Waals surface area contributed by atoms with E-state index in [2.05, 4.69) is 87.5 Å². The van der Waals surface area contributed by atoms with Gasteiger partial charge in [0.05, 0.1) is 5.69 Å². The van der Waals surface area contributed by atoms with E-state index in [0.29, 0.717) is 12.6 Å². The predicted octanol–water partition coefficient (Wildman–Crippen LogP) is 6.41. The highest BCUT2D eigenvalue weighted by molar-refractivity contribution is 5.72. The Bertz CT molecular complexity index is 1090. The number of para-hydroxylation sites is 3. The van der Waals surface area contributed by atoms with Crippen LogP contribution in [0, 0.1) is 0 Å². The number of nitrogens with zero attached hydrogens (tertiary/aromatic N) is 3. The van der Waals surface area contributed by atoms with Crippen molar-refractivity contribution in [1.29, 1.82) is 0 Å². The summed E-state index contributed by atoms with van der Waals surface area (Å²) in [7, 11) is 0. The van der Waals surface area contributed by atoms with Gasteiger partial charge < -0.3 is 14.5 Å². The Labute approximate surface area is 210 Å². The minimum Gasteiger partial charge on any atom is -0.487 e. The number of benzene rings is 3. The van der Waals surface area contributed by atoms with Crippen LogP contribution in [-0.4, -0.2) is 43.7 Å². The SMILES string of the molecule is c1cc(CCN2CCCC2CN2c3ccccc3COc3ccccc32)cc(N2CCCCC2)c1. The van der Waals surface area contributed by atoms with E-state index in [1.807, 2.05) is 0 Å². The lowest BCUT2D eigenvalue weighted by Crippen LogP contribution is -2.39. The predicted molar refractivity (Wildman–Crippen MR) is 145 cm³/mol. The number of hydrogen-bond donors (Lipinski definition) is 0. The minimum absolute atomic E-state index is 0.555. The van der Waals surface area contributed by atoms with E-state index < -0.39 is 0 Å². The molecule has 0 amide bonds. The van der Waals surface area contributed by atoms with Crippen LogP contribution in [0.3, 0.4) is 0 Å². The molecule has 3 heterocycles. The number of ether oxygens (including phenoxy) is 1. The average Bonchev–Trinajstić information content (AvgIpc) is 3.31. The average molecular weight is 468 g/mol. The monoisotopic (exact) mass is 467 g/mol. The summed E-state index contributed by atoms with van der Waals surface area (Å²) < 4.78 is 6.20. The molecule has 0 radical (unpaired) electrons. The molecule has 4 nitrogen and oxygen atoms in total. The van der Waals surface area contributed by atoms with E-state index in [-0.39, 0.29) is 0 Å². The van der Waals surface area contributed by atoms with Crippen molar-refractivity contribution < 1.29 is 4.74 Å². The van der Waals surface area contributed by atoms with Gasteiger partial charge in [-0.15, -0.1) is 0 Å². The molecule has 1 unspecified atom stereocenters. The lowest BCUT2D eigenvalue weighted by Gasteiger charge is -2.33. The van der Waals surface area contributed by atoms with Gasteiger partial charge in [0.25, 0.3) is 0 Å². The first kappa shape index (κ1) is 22.5. The molecule has 1 atom stereocenters. The van der Waals surface area contributed by atoms with Crippen LogP contribution in [0.25, 0.3) is 0 Å². The van der Waals surface area contributed by atoms with Crippen molar-refractivity contribution in [3.63, 3.8) is 0 Å². The van der Waals surface area contributed by atoms with Gasteiger partial charge in [-0.2, -0.15) is 0 Å². The second-order valence-corrected chi connectivity index (χ2v) is 10.3. The second kappa shape index (κ2) is 10.3. The Morgan fingerprint density at radius 3 is 2.51 bits per heavy atom. The molecule has 0 bridgehead atoms. The number of likely N-dealkylation sites (tertiary alicyclic amines) is 1. The molecule has 2 fully saturated rings. The summed E-state index contributed by atoms with van der Waals surface area (Å²) in [5.74, 6) is 0.989. The number of anilines is 3. The van der Waals surface area contributed by atoms with Crippen LogP contribution in [0.4, 0.5) is 17.1 Å². The quantitative estimate of drug-likeness (QED) is 0.417. The van der Waals surface area contributed by atoms with Crippen molar-refractivity contribution in [2.24, 2.45) is 0 Å². The van der Waals surface area contributed by atoms with E-state index in [1.54, 1.807) is 0 Å². The van der Waals surface area contributed by atoms with E-state index in [4.69, 9.17) is 4.74 Å². The topological polar surface area (TPSA) is 19.0 Å². The van der Waals surface area contributed by atoms with Crippen molar-refractivity contribution in [2.45, 2.75) is 51.2 Å². The third kappa shape index (κ3) is 4.90. The molecule has 3 aliphatic heterocycles. The molecule has 3 aromatic rings. The van der Waals surface area contributed by atoms with E-state index in [9.17, 15) is 0 Å². The summed E-state index contributed by atoms with van der Waals surface area (Å²) in [5.41, 5.74) is 6.63. The third-order valence-corrected chi connectivity index (χ3v) is 8.03. The van der Waals surface area contributed by atoms with Crippen LogP contribution in [0.2, 0.25) is 0 Å². The summed E-state index contributed by atoms with van der Waals surface area (Å²) in [5, 5.41) is 0. The maximum absolute atomic E-state index is 6.20. The van der Waals surface area contributed by atoms with Crippen LogP contribution in [-0.2, 0) is 13.0 Å². The maximum Gasteiger partial charge on any atom is 0.143 e. The van der Waals surface area contributed by atoms with Crippen molar-refractivity contribution >= 4 is 17.1 Å². The Morgan fingerprint density at radius 1 is 0.771 bits per heavy atom. The van der Waals surface area contributed by atoms with Crippen LogP contribution in [0.5, 0.6) is 5.75 Å². The molecule has 2 saturated heterocycles. The fourth-order valence-electron chi connectivity index (χ4n) is 6.12. The van der Waals surface area contributed by atoms with Gasteiger partial charge in [0.15, 0.2) is 0 Å². The van der Waals surface area contributed by atoms with Gasteiger partial charge in [0, 0.05) is 49.2 Å². The molecule has 0 aliphatic carbocycles. The molecule has 6 rings (SSSR count). The number of fused-ring (bicyclic) bond motifs is 2. The Hall–Kier alpha value is -2.98. The van der Waals surface area contributed by atoms with Gasteiger partial charge in [-0.25, -0.2) is 0 Å². The lowest BCUT2D eigenvalue weighted by atomic mass is 10.1. The molecular formula is C31H37N3O. The summed E-state index contributed by atoms with van der Waals surface area (Å²) >= 11 is 0. The largest absolute Gasteiger partial charge is 0.487 e. The van der Waals surface area contributed by atoms with Crippen molar-refractivity contribution in [3.05, 3.63) is 83.9 Å². The smallest absolute Gasteiger partial charge is 0.143 e. The third-order valence-electron chi connectivity index (χ3n) is 8.03. The molecule has 182 valence electrons. The Morgan fingerprint density at radius 2 is 1.60 bits per heavy atom. The van der Waals surface area contributed by atoms with Crippen molar-refractivity contribution in [3.8, 4) is 5.75 Å². The summed E-state index contributed by atoms with van der Waals surface area (Å²) in [4.78, 5) is 7.81. The summed E-state index contributed by atoms with van der Waals surface area (Å²) in [6.07, 6.45) is 7.70. The molecule has 4 heteroatoms. The molecule has 0 N–H and O–H groups in total. The van der Waals surface area contributed by atoms with Gasteiger partial charge in [-0.3, -0.25) is 4.90 Å². The molecule has 3 aliphatic rings.